The zero-order chi connectivity index (χ0) is 17.0. The van der Waals surface area contributed by atoms with Crippen molar-refractivity contribution in [2.45, 2.75) is 68.9 Å². The number of aliphatic hydroxyl groups excluding tert-OH is 2. The smallest absolute Gasteiger partial charge is 0.239 e. The molecule has 0 aromatic heterocycles. The molecule has 1 rings (SSSR count). The highest BCUT2D eigenvalue weighted by molar-refractivity contribution is 7.58. The zero-order valence-corrected chi connectivity index (χ0v) is 14.3. The molecule has 0 aromatic rings. The SMILES string of the molecule is C[C@H](O)C(N)C(=O)NC[C@H](O)CC1(P(C)(=O)O)CCCCC1. The second-order valence-electron chi connectivity index (χ2n) is 6.53. The van der Waals surface area contributed by atoms with Crippen LogP contribution in [0.3, 0.4) is 0 Å². The van der Waals surface area contributed by atoms with Crippen LogP contribution in [0.25, 0.3) is 0 Å². The summed E-state index contributed by atoms with van der Waals surface area (Å²) in [6.07, 6.45) is 2.33. The first-order valence-electron chi connectivity index (χ1n) is 7.79. The van der Waals surface area contributed by atoms with E-state index in [1.807, 2.05) is 0 Å². The van der Waals surface area contributed by atoms with Crippen molar-refractivity contribution in [3.8, 4) is 0 Å². The number of rotatable bonds is 7. The summed E-state index contributed by atoms with van der Waals surface area (Å²) in [6, 6.07) is -1.05. The first kappa shape index (κ1) is 19.6. The summed E-state index contributed by atoms with van der Waals surface area (Å²) < 4.78 is 12.3. The van der Waals surface area contributed by atoms with E-state index in [4.69, 9.17) is 5.73 Å². The Morgan fingerprint density at radius 1 is 1.32 bits per heavy atom. The number of carbonyl (C=O) groups excluding carboxylic acids is 1. The highest BCUT2D eigenvalue weighted by atomic mass is 31.2. The molecule has 22 heavy (non-hydrogen) atoms. The molecule has 0 bridgehead atoms. The standard InChI is InChI=1S/C14H29N2O5P/c1-10(17)12(15)13(19)16-9-11(18)8-14(22(2,20)21)6-4-3-5-7-14/h10-12,17-18H,3-9,15H2,1-2H3,(H,16,19)(H,20,21)/t10-,11+,12?/m0/s1. The maximum Gasteiger partial charge on any atom is 0.239 e. The van der Waals surface area contributed by atoms with Gasteiger partial charge in [0.1, 0.15) is 6.04 Å². The van der Waals surface area contributed by atoms with Crippen molar-refractivity contribution in [2.75, 3.05) is 13.2 Å². The molecule has 0 aliphatic heterocycles. The molecule has 0 aromatic carbocycles. The Morgan fingerprint density at radius 3 is 2.32 bits per heavy atom. The number of hydrogen-bond acceptors (Lipinski definition) is 5. The van der Waals surface area contributed by atoms with Crippen molar-refractivity contribution in [1.29, 1.82) is 0 Å². The molecule has 0 radical (unpaired) electrons. The largest absolute Gasteiger partial charge is 0.391 e. The summed E-state index contributed by atoms with van der Waals surface area (Å²) in [5.74, 6) is -0.546. The molecule has 0 heterocycles. The van der Waals surface area contributed by atoms with Crippen LogP contribution in [0, 0.1) is 0 Å². The minimum atomic E-state index is -3.35. The first-order valence-corrected chi connectivity index (χ1v) is 9.89. The summed E-state index contributed by atoms with van der Waals surface area (Å²) >= 11 is 0. The van der Waals surface area contributed by atoms with Gasteiger partial charge in [-0.3, -0.25) is 9.36 Å². The molecule has 130 valence electrons. The van der Waals surface area contributed by atoms with E-state index in [0.717, 1.165) is 19.3 Å². The van der Waals surface area contributed by atoms with Crippen molar-refractivity contribution in [1.82, 2.24) is 5.32 Å². The third-order valence-electron chi connectivity index (χ3n) is 4.61. The number of aliphatic hydroxyl groups is 2. The first-order chi connectivity index (χ1) is 10.1. The lowest BCUT2D eigenvalue weighted by atomic mass is 9.84. The normalized spacial score (nSPS) is 24.8. The predicted octanol–water partition coefficient (Wildman–Crippen LogP) is 0.165. The van der Waals surface area contributed by atoms with Gasteiger partial charge in [0.2, 0.25) is 13.3 Å². The summed E-state index contributed by atoms with van der Waals surface area (Å²) in [5, 5.41) is 21.1. The molecule has 0 spiro atoms. The van der Waals surface area contributed by atoms with Gasteiger partial charge in [0.15, 0.2) is 0 Å². The van der Waals surface area contributed by atoms with Crippen molar-refractivity contribution < 1.29 is 24.5 Å². The molecule has 6 N–H and O–H groups in total. The van der Waals surface area contributed by atoms with Gasteiger partial charge in [-0.2, -0.15) is 0 Å². The third kappa shape index (κ3) is 5.03. The van der Waals surface area contributed by atoms with Crippen LogP contribution in [-0.4, -0.2) is 57.6 Å². The van der Waals surface area contributed by atoms with Crippen LogP contribution in [0.15, 0.2) is 0 Å². The summed E-state index contributed by atoms with van der Waals surface area (Å²) in [6.45, 7) is 2.73. The van der Waals surface area contributed by atoms with E-state index in [-0.39, 0.29) is 13.0 Å². The summed E-state index contributed by atoms with van der Waals surface area (Å²) in [4.78, 5) is 21.7. The molecule has 1 aliphatic rings. The Balaban J connectivity index is 2.60. The molecule has 7 nitrogen and oxygen atoms in total. The third-order valence-corrected chi connectivity index (χ3v) is 7.00. The number of carbonyl (C=O) groups is 1. The molecular weight excluding hydrogens is 307 g/mol. The van der Waals surface area contributed by atoms with Crippen molar-refractivity contribution in [2.24, 2.45) is 5.73 Å². The molecule has 8 heteroatoms. The van der Waals surface area contributed by atoms with Crippen molar-refractivity contribution >= 4 is 13.3 Å². The highest BCUT2D eigenvalue weighted by Crippen LogP contribution is 2.60. The van der Waals surface area contributed by atoms with Crippen LogP contribution >= 0.6 is 7.37 Å². The fourth-order valence-electron chi connectivity index (χ4n) is 3.06. The van der Waals surface area contributed by atoms with E-state index in [1.165, 1.54) is 13.6 Å². The Bertz CT molecular complexity index is 417. The quantitative estimate of drug-likeness (QED) is 0.421. The number of nitrogens with one attached hydrogen (secondary N) is 1. The zero-order valence-electron chi connectivity index (χ0n) is 13.4. The minimum Gasteiger partial charge on any atom is -0.391 e. The van der Waals surface area contributed by atoms with Gasteiger partial charge in [0.25, 0.3) is 0 Å². The molecule has 1 amide bonds. The summed E-state index contributed by atoms with van der Waals surface area (Å²) in [5.41, 5.74) is 5.50. The van der Waals surface area contributed by atoms with Crippen molar-refractivity contribution in [3.63, 3.8) is 0 Å². The van der Waals surface area contributed by atoms with Crippen LogP contribution in [0.1, 0.15) is 45.4 Å². The maximum absolute atomic E-state index is 12.3. The number of amides is 1. The fourth-order valence-corrected chi connectivity index (χ4v) is 4.76. The number of hydrogen-bond donors (Lipinski definition) is 5. The highest BCUT2D eigenvalue weighted by Gasteiger charge is 2.45. The molecule has 0 saturated heterocycles. The van der Waals surface area contributed by atoms with E-state index in [0.29, 0.717) is 12.8 Å². The average molecular weight is 336 g/mol. The van der Waals surface area contributed by atoms with Crippen LogP contribution in [0.4, 0.5) is 0 Å². The van der Waals surface area contributed by atoms with E-state index >= 15 is 0 Å². The average Bonchev–Trinajstić information content (AvgIpc) is 2.43. The van der Waals surface area contributed by atoms with Gasteiger partial charge >= 0.3 is 0 Å². The second kappa shape index (κ2) is 7.88. The molecule has 1 aliphatic carbocycles. The van der Waals surface area contributed by atoms with Crippen molar-refractivity contribution in [3.05, 3.63) is 0 Å². The fraction of sp³-hybridized carbons (Fsp3) is 0.929. The molecular formula is C14H29N2O5P. The van der Waals surface area contributed by atoms with Gasteiger partial charge in [-0.15, -0.1) is 0 Å². The lowest BCUT2D eigenvalue weighted by Gasteiger charge is -2.40. The van der Waals surface area contributed by atoms with E-state index in [9.17, 15) is 24.5 Å². The van der Waals surface area contributed by atoms with Crippen LogP contribution < -0.4 is 11.1 Å². The molecule has 4 atom stereocenters. The lowest BCUT2D eigenvalue weighted by molar-refractivity contribution is -0.125. The molecule has 1 fully saturated rings. The minimum absolute atomic E-state index is 0.0407. The molecule has 2 unspecified atom stereocenters. The lowest BCUT2D eigenvalue weighted by Crippen LogP contribution is -2.49. The van der Waals surface area contributed by atoms with Gasteiger partial charge in [0, 0.05) is 18.4 Å². The molecule has 1 saturated carbocycles. The topological polar surface area (TPSA) is 133 Å². The van der Waals surface area contributed by atoms with E-state index in [1.54, 1.807) is 0 Å². The van der Waals surface area contributed by atoms with E-state index < -0.39 is 36.7 Å². The van der Waals surface area contributed by atoms with Crippen LogP contribution in [0.2, 0.25) is 0 Å². The van der Waals surface area contributed by atoms with Gasteiger partial charge in [0.05, 0.1) is 12.2 Å². The Kier molecular flexibility index (Phi) is 7.02. The number of nitrogens with two attached hydrogens (primary N) is 1. The predicted molar refractivity (Wildman–Crippen MR) is 84.9 cm³/mol. The van der Waals surface area contributed by atoms with Crippen LogP contribution in [0.5, 0.6) is 0 Å². The summed E-state index contributed by atoms with van der Waals surface area (Å²) in [7, 11) is -3.35. The Morgan fingerprint density at radius 2 is 1.86 bits per heavy atom. The van der Waals surface area contributed by atoms with Gasteiger partial charge in [-0.25, -0.2) is 0 Å². The van der Waals surface area contributed by atoms with Gasteiger partial charge < -0.3 is 26.2 Å². The maximum atomic E-state index is 12.3. The van der Waals surface area contributed by atoms with Gasteiger partial charge in [-0.05, 0) is 26.2 Å². The monoisotopic (exact) mass is 336 g/mol. The van der Waals surface area contributed by atoms with E-state index in [2.05, 4.69) is 5.32 Å². The Labute approximate surface area is 131 Å². The van der Waals surface area contributed by atoms with Gasteiger partial charge in [-0.1, -0.05) is 19.3 Å². The van der Waals surface area contributed by atoms with Crippen LogP contribution in [-0.2, 0) is 9.36 Å². The second-order valence-corrected chi connectivity index (χ2v) is 9.24. The Hall–Kier alpha value is -0.460.